The second-order valence-electron chi connectivity index (χ2n) is 5.34. The zero-order valence-electron chi connectivity index (χ0n) is 13.0. The van der Waals surface area contributed by atoms with Gasteiger partial charge in [0.2, 0.25) is 5.43 Å². The van der Waals surface area contributed by atoms with Gasteiger partial charge in [-0.25, -0.2) is 4.79 Å². The maximum atomic E-state index is 12.8. The van der Waals surface area contributed by atoms with E-state index in [1.165, 1.54) is 4.68 Å². The Labute approximate surface area is 153 Å². The van der Waals surface area contributed by atoms with Crippen molar-refractivity contribution in [2.24, 2.45) is 7.05 Å². The third kappa shape index (κ3) is 3.29. The number of carbonyl (C=O) groups is 1. The third-order valence-electron chi connectivity index (χ3n) is 3.70. The van der Waals surface area contributed by atoms with Crippen molar-refractivity contribution in [1.29, 1.82) is 0 Å². The number of rotatable bonds is 3. The molecule has 3 aromatic rings. The molecule has 0 bridgehead atoms. The lowest BCUT2D eigenvalue weighted by atomic mass is 10.0. The molecule has 0 aliphatic carbocycles. The minimum Gasteiger partial charge on any atom is -0.477 e. The lowest BCUT2D eigenvalue weighted by molar-refractivity contribution is 0.0695. The van der Waals surface area contributed by atoms with Gasteiger partial charge in [0.05, 0.1) is 5.69 Å². The fraction of sp³-hybridized carbons (Fsp3) is 0.0556. The van der Waals surface area contributed by atoms with Gasteiger partial charge in [-0.15, -0.1) is 0 Å². The first-order valence-corrected chi connectivity index (χ1v) is 8.00. The minimum absolute atomic E-state index is 0.0503. The second-order valence-corrected chi connectivity index (χ2v) is 6.22. The molecule has 2 aromatic carbocycles. The van der Waals surface area contributed by atoms with Crippen molar-refractivity contribution >= 4 is 29.2 Å². The van der Waals surface area contributed by atoms with E-state index in [4.69, 9.17) is 23.2 Å². The summed E-state index contributed by atoms with van der Waals surface area (Å²) in [5, 5.41) is 14.9. The third-order valence-corrected chi connectivity index (χ3v) is 4.21. The Morgan fingerprint density at radius 2 is 1.44 bits per heavy atom. The smallest absolute Gasteiger partial charge is 0.342 e. The standard InChI is InChI=1S/C18H12Cl2N2O3/c1-22-16(11-4-8-13(20)9-5-11)14(18(24)25)17(23)15(21-22)10-2-6-12(19)7-3-10/h2-9H,1H3,(H,24,25). The van der Waals surface area contributed by atoms with Crippen LogP contribution in [0.5, 0.6) is 0 Å². The Balaban J connectivity index is 2.30. The molecule has 1 N–H and O–H groups in total. The molecule has 0 spiro atoms. The lowest BCUT2D eigenvalue weighted by Gasteiger charge is -2.13. The SMILES string of the molecule is Cn1nc(-c2ccc(Cl)cc2)c(=O)c(C(=O)O)c1-c1ccc(Cl)cc1. The first kappa shape index (κ1) is 17.2. The van der Waals surface area contributed by atoms with E-state index in [1.807, 2.05) is 0 Å². The second kappa shape index (κ2) is 6.70. The maximum Gasteiger partial charge on any atom is 0.342 e. The van der Waals surface area contributed by atoms with Gasteiger partial charge < -0.3 is 5.11 Å². The number of halogens is 2. The van der Waals surface area contributed by atoms with E-state index in [9.17, 15) is 14.7 Å². The molecule has 5 nitrogen and oxygen atoms in total. The Morgan fingerprint density at radius 3 is 1.92 bits per heavy atom. The monoisotopic (exact) mass is 374 g/mol. The van der Waals surface area contributed by atoms with Crippen LogP contribution in [0.4, 0.5) is 0 Å². The molecule has 0 aliphatic heterocycles. The molecule has 0 saturated heterocycles. The summed E-state index contributed by atoms with van der Waals surface area (Å²) in [5.74, 6) is -1.32. The number of aromatic carboxylic acids is 1. The summed E-state index contributed by atoms with van der Waals surface area (Å²) in [4.78, 5) is 24.6. The zero-order chi connectivity index (χ0) is 18.1. The Hall–Kier alpha value is -2.63. The molecule has 1 aromatic heterocycles. The van der Waals surface area contributed by atoms with Gasteiger partial charge in [0.1, 0.15) is 11.3 Å². The molecule has 0 aliphatic rings. The highest BCUT2D eigenvalue weighted by Crippen LogP contribution is 2.25. The first-order valence-electron chi connectivity index (χ1n) is 7.25. The Kier molecular flexibility index (Phi) is 4.61. The molecule has 0 amide bonds. The summed E-state index contributed by atoms with van der Waals surface area (Å²) in [6.07, 6.45) is 0. The van der Waals surface area contributed by atoms with Gasteiger partial charge in [0, 0.05) is 28.2 Å². The predicted molar refractivity (Wildman–Crippen MR) is 97.3 cm³/mol. The Morgan fingerprint density at radius 1 is 0.960 bits per heavy atom. The van der Waals surface area contributed by atoms with Crippen molar-refractivity contribution in [2.75, 3.05) is 0 Å². The van der Waals surface area contributed by atoms with Crippen molar-refractivity contribution in [3.05, 3.63) is 74.4 Å². The summed E-state index contributed by atoms with van der Waals surface area (Å²) < 4.78 is 1.39. The maximum absolute atomic E-state index is 12.8. The van der Waals surface area contributed by atoms with Crippen LogP contribution >= 0.6 is 23.2 Å². The number of aryl methyl sites for hydroxylation is 1. The van der Waals surface area contributed by atoms with Crippen LogP contribution in [0.3, 0.4) is 0 Å². The molecular formula is C18H12Cl2N2O3. The largest absolute Gasteiger partial charge is 0.477 e. The minimum atomic E-state index is -1.32. The van der Waals surface area contributed by atoms with Crippen molar-refractivity contribution in [3.63, 3.8) is 0 Å². The van der Waals surface area contributed by atoms with Crippen molar-refractivity contribution in [1.82, 2.24) is 9.78 Å². The fourth-order valence-corrected chi connectivity index (χ4v) is 2.82. The van der Waals surface area contributed by atoms with Crippen LogP contribution in [-0.4, -0.2) is 20.9 Å². The molecule has 0 radical (unpaired) electrons. The van der Waals surface area contributed by atoms with Gasteiger partial charge in [0.15, 0.2) is 0 Å². The van der Waals surface area contributed by atoms with Gasteiger partial charge in [0.25, 0.3) is 0 Å². The molecule has 126 valence electrons. The van der Waals surface area contributed by atoms with Crippen molar-refractivity contribution in [3.8, 4) is 22.5 Å². The predicted octanol–water partition coefficient (Wildman–Crippen LogP) is 4.12. The fourth-order valence-electron chi connectivity index (χ4n) is 2.57. The van der Waals surface area contributed by atoms with E-state index in [-0.39, 0.29) is 17.0 Å². The summed E-state index contributed by atoms with van der Waals surface area (Å²) in [5.41, 5.74) is 0.301. The number of aromatic nitrogens is 2. The molecule has 0 fully saturated rings. The molecule has 3 rings (SSSR count). The molecule has 1 heterocycles. The number of hydrogen-bond acceptors (Lipinski definition) is 3. The molecule has 0 unspecified atom stereocenters. The zero-order valence-corrected chi connectivity index (χ0v) is 14.5. The van der Waals surface area contributed by atoms with Crippen LogP contribution in [0.25, 0.3) is 22.5 Å². The van der Waals surface area contributed by atoms with Gasteiger partial charge in [-0.2, -0.15) is 5.10 Å². The van der Waals surface area contributed by atoms with Crippen molar-refractivity contribution in [2.45, 2.75) is 0 Å². The van der Waals surface area contributed by atoms with Crippen LogP contribution in [0.2, 0.25) is 10.0 Å². The first-order chi connectivity index (χ1) is 11.9. The van der Waals surface area contributed by atoms with E-state index < -0.39 is 11.4 Å². The highest BCUT2D eigenvalue weighted by molar-refractivity contribution is 6.30. The quantitative estimate of drug-likeness (QED) is 0.748. The lowest BCUT2D eigenvalue weighted by Crippen LogP contribution is -2.24. The average molecular weight is 375 g/mol. The van der Waals surface area contributed by atoms with Gasteiger partial charge >= 0.3 is 5.97 Å². The van der Waals surface area contributed by atoms with Gasteiger partial charge in [-0.05, 0) is 24.3 Å². The molecular weight excluding hydrogens is 363 g/mol. The topological polar surface area (TPSA) is 72.2 Å². The van der Waals surface area contributed by atoms with Crippen LogP contribution in [0, 0.1) is 0 Å². The Bertz CT molecular complexity index is 1010. The van der Waals surface area contributed by atoms with Crippen LogP contribution in [0.1, 0.15) is 10.4 Å². The summed E-state index contributed by atoms with van der Waals surface area (Å²) in [7, 11) is 1.59. The highest BCUT2D eigenvalue weighted by atomic mass is 35.5. The summed E-state index contributed by atoms with van der Waals surface area (Å²) in [6, 6.07) is 13.0. The van der Waals surface area contributed by atoms with E-state index in [1.54, 1.807) is 55.6 Å². The number of nitrogens with zero attached hydrogens (tertiary/aromatic N) is 2. The summed E-state index contributed by atoms with van der Waals surface area (Å²) >= 11 is 11.7. The molecule has 25 heavy (non-hydrogen) atoms. The van der Waals surface area contributed by atoms with Gasteiger partial charge in [-0.1, -0.05) is 47.5 Å². The number of hydrogen-bond donors (Lipinski definition) is 1. The van der Waals surface area contributed by atoms with E-state index >= 15 is 0 Å². The summed E-state index contributed by atoms with van der Waals surface area (Å²) in [6.45, 7) is 0. The molecule has 0 saturated carbocycles. The highest BCUT2D eigenvalue weighted by Gasteiger charge is 2.23. The van der Waals surface area contributed by atoms with Crippen LogP contribution in [0.15, 0.2) is 53.3 Å². The van der Waals surface area contributed by atoms with Crippen LogP contribution in [-0.2, 0) is 7.05 Å². The average Bonchev–Trinajstić information content (AvgIpc) is 2.58. The molecule has 7 heteroatoms. The van der Waals surface area contributed by atoms with Crippen molar-refractivity contribution < 1.29 is 9.90 Å². The van der Waals surface area contributed by atoms with Crippen LogP contribution < -0.4 is 5.43 Å². The van der Waals surface area contributed by atoms with E-state index in [0.29, 0.717) is 21.2 Å². The van der Waals surface area contributed by atoms with E-state index in [0.717, 1.165) is 0 Å². The number of carboxylic acid groups (broad SMARTS) is 1. The molecule has 0 atom stereocenters. The van der Waals surface area contributed by atoms with Gasteiger partial charge in [-0.3, -0.25) is 9.48 Å². The van der Waals surface area contributed by atoms with E-state index in [2.05, 4.69) is 5.10 Å². The normalized spacial score (nSPS) is 10.7. The number of benzene rings is 2. The number of carboxylic acids is 1.